The standard InChI is InChI=1S/C22H45N2O5PS/c1-9-10-19(2)28-30(26,29-21(3,4)5)31-18-17-27-20(25)22(6,7)11-12-24-15-13-23(8)14-16-24/h19H,9-18H2,1-8H3. The molecule has 1 aliphatic rings. The number of hydrogen-bond donors (Lipinski definition) is 0. The first-order chi connectivity index (χ1) is 14.3. The van der Waals surface area contributed by atoms with Crippen molar-refractivity contribution in [3.63, 3.8) is 0 Å². The Labute approximate surface area is 194 Å². The minimum atomic E-state index is -3.35. The molecule has 9 heteroatoms. The molecule has 0 N–H and O–H groups in total. The molecule has 0 aromatic rings. The van der Waals surface area contributed by atoms with Crippen molar-refractivity contribution in [3.8, 4) is 0 Å². The number of nitrogens with zero attached hydrogens (tertiary/aromatic N) is 2. The molecule has 2 atom stereocenters. The van der Waals surface area contributed by atoms with Gasteiger partial charge in [-0.2, -0.15) is 0 Å². The first-order valence-electron chi connectivity index (χ1n) is 11.5. The van der Waals surface area contributed by atoms with E-state index in [0.29, 0.717) is 5.75 Å². The van der Waals surface area contributed by atoms with Gasteiger partial charge in [0.15, 0.2) is 0 Å². The maximum Gasteiger partial charge on any atom is 0.389 e. The number of piperazine rings is 1. The highest BCUT2D eigenvalue weighted by molar-refractivity contribution is 8.55. The zero-order valence-electron chi connectivity index (χ0n) is 20.9. The minimum Gasteiger partial charge on any atom is -0.464 e. The zero-order valence-corrected chi connectivity index (χ0v) is 22.7. The maximum absolute atomic E-state index is 13.2. The zero-order chi connectivity index (χ0) is 23.7. The van der Waals surface area contributed by atoms with Crippen molar-refractivity contribution in [1.29, 1.82) is 0 Å². The number of carbonyl (C=O) groups is 1. The summed E-state index contributed by atoms with van der Waals surface area (Å²) in [6, 6.07) is 0. The summed E-state index contributed by atoms with van der Waals surface area (Å²) in [5, 5.41) is 0. The average molecular weight is 481 g/mol. The van der Waals surface area contributed by atoms with Crippen LogP contribution in [0.2, 0.25) is 0 Å². The van der Waals surface area contributed by atoms with Crippen LogP contribution in [0.1, 0.15) is 67.7 Å². The van der Waals surface area contributed by atoms with E-state index >= 15 is 0 Å². The van der Waals surface area contributed by atoms with Crippen LogP contribution in [-0.4, -0.2) is 79.6 Å². The molecular weight excluding hydrogens is 435 g/mol. The third-order valence-electron chi connectivity index (χ3n) is 5.16. The molecule has 0 radical (unpaired) electrons. The number of rotatable bonds is 13. The quantitative estimate of drug-likeness (QED) is 0.206. The van der Waals surface area contributed by atoms with Gasteiger partial charge >= 0.3 is 12.8 Å². The summed E-state index contributed by atoms with van der Waals surface area (Å²) >= 11 is 1.11. The van der Waals surface area contributed by atoms with Crippen molar-refractivity contribution in [2.24, 2.45) is 5.41 Å². The van der Waals surface area contributed by atoms with E-state index in [1.54, 1.807) is 0 Å². The van der Waals surface area contributed by atoms with Gasteiger partial charge in [0.2, 0.25) is 0 Å². The van der Waals surface area contributed by atoms with E-state index in [4.69, 9.17) is 13.8 Å². The van der Waals surface area contributed by atoms with E-state index in [-0.39, 0.29) is 18.7 Å². The van der Waals surface area contributed by atoms with Gasteiger partial charge in [-0.25, -0.2) is 4.57 Å². The van der Waals surface area contributed by atoms with Crippen molar-refractivity contribution in [2.75, 3.05) is 52.1 Å². The van der Waals surface area contributed by atoms with E-state index in [0.717, 1.165) is 63.4 Å². The summed E-state index contributed by atoms with van der Waals surface area (Å²) in [5.41, 5.74) is -1.14. The smallest absolute Gasteiger partial charge is 0.389 e. The van der Waals surface area contributed by atoms with Crippen LogP contribution >= 0.6 is 18.2 Å². The molecule has 0 amide bonds. The minimum absolute atomic E-state index is 0.151. The van der Waals surface area contributed by atoms with Gasteiger partial charge in [0.1, 0.15) is 6.61 Å². The summed E-state index contributed by atoms with van der Waals surface area (Å²) in [7, 11) is 2.14. The topological polar surface area (TPSA) is 68.3 Å². The van der Waals surface area contributed by atoms with E-state index in [1.165, 1.54) is 0 Å². The Balaban J connectivity index is 2.46. The fraction of sp³-hybridized carbons (Fsp3) is 0.955. The summed E-state index contributed by atoms with van der Waals surface area (Å²) in [5.74, 6) is 0.154. The highest BCUT2D eigenvalue weighted by Gasteiger charge is 2.34. The molecule has 0 spiro atoms. The predicted molar refractivity (Wildman–Crippen MR) is 130 cm³/mol. The Hall–Kier alpha value is -0.110. The largest absolute Gasteiger partial charge is 0.464 e. The van der Waals surface area contributed by atoms with E-state index in [2.05, 4.69) is 23.8 Å². The molecule has 1 heterocycles. The molecule has 1 rings (SSSR count). The first kappa shape index (κ1) is 28.9. The fourth-order valence-electron chi connectivity index (χ4n) is 3.18. The molecule has 0 aromatic carbocycles. The normalized spacial score (nSPS) is 19.7. The molecule has 0 saturated carbocycles. The average Bonchev–Trinajstić information content (AvgIpc) is 2.63. The second kappa shape index (κ2) is 13.0. The van der Waals surface area contributed by atoms with Crippen molar-refractivity contribution in [2.45, 2.75) is 79.4 Å². The van der Waals surface area contributed by atoms with E-state index in [9.17, 15) is 9.36 Å². The van der Waals surface area contributed by atoms with E-state index < -0.39 is 17.8 Å². The van der Waals surface area contributed by atoms with Crippen LogP contribution in [0.15, 0.2) is 0 Å². The van der Waals surface area contributed by atoms with Crippen LogP contribution in [0.25, 0.3) is 0 Å². The van der Waals surface area contributed by atoms with Crippen LogP contribution in [0, 0.1) is 5.41 Å². The van der Waals surface area contributed by atoms with Crippen LogP contribution < -0.4 is 0 Å². The van der Waals surface area contributed by atoms with Gasteiger partial charge in [-0.1, -0.05) is 13.3 Å². The predicted octanol–water partition coefficient (Wildman–Crippen LogP) is 5.05. The Morgan fingerprint density at radius 2 is 1.74 bits per heavy atom. The van der Waals surface area contributed by atoms with Crippen molar-refractivity contribution in [3.05, 3.63) is 0 Å². The van der Waals surface area contributed by atoms with Crippen LogP contribution in [0.5, 0.6) is 0 Å². The third-order valence-corrected chi connectivity index (χ3v) is 9.19. The Kier molecular flexibility index (Phi) is 12.1. The van der Waals surface area contributed by atoms with Crippen molar-refractivity contribution < 1.29 is 23.1 Å². The molecule has 1 fully saturated rings. The van der Waals surface area contributed by atoms with Gasteiger partial charge in [-0.15, -0.1) is 0 Å². The van der Waals surface area contributed by atoms with Gasteiger partial charge in [0, 0.05) is 31.9 Å². The molecule has 31 heavy (non-hydrogen) atoms. The lowest BCUT2D eigenvalue weighted by Crippen LogP contribution is -2.45. The van der Waals surface area contributed by atoms with Crippen molar-refractivity contribution >= 4 is 24.1 Å². The molecule has 0 bridgehead atoms. The molecule has 1 aliphatic heterocycles. The van der Waals surface area contributed by atoms with Crippen LogP contribution in [0.4, 0.5) is 0 Å². The highest BCUT2D eigenvalue weighted by atomic mass is 32.7. The van der Waals surface area contributed by atoms with Gasteiger partial charge in [0.05, 0.1) is 17.1 Å². The van der Waals surface area contributed by atoms with Gasteiger partial charge in [-0.05, 0) is 79.4 Å². The summed E-state index contributed by atoms with van der Waals surface area (Å²) in [6.45, 7) is 15.4. The lowest BCUT2D eigenvalue weighted by molar-refractivity contribution is -0.153. The Morgan fingerprint density at radius 3 is 2.29 bits per heavy atom. The summed E-state index contributed by atoms with van der Waals surface area (Å²) in [6.07, 6.45) is 2.37. The highest BCUT2D eigenvalue weighted by Crippen LogP contribution is 2.63. The lowest BCUT2D eigenvalue weighted by Gasteiger charge is -2.34. The number of ether oxygens (including phenoxy) is 1. The monoisotopic (exact) mass is 480 g/mol. The summed E-state index contributed by atoms with van der Waals surface area (Å²) in [4.78, 5) is 17.3. The Bertz CT molecular complexity index is 589. The second-order valence-corrected chi connectivity index (χ2v) is 14.2. The molecule has 7 nitrogen and oxygen atoms in total. The number of esters is 1. The van der Waals surface area contributed by atoms with Gasteiger partial charge in [0.25, 0.3) is 0 Å². The van der Waals surface area contributed by atoms with Gasteiger partial charge in [-0.3, -0.25) is 13.8 Å². The number of carbonyl (C=O) groups excluding carboxylic acids is 1. The maximum atomic E-state index is 13.2. The molecule has 1 saturated heterocycles. The van der Waals surface area contributed by atoms with Gasteiger partial charge < -0.3 is 14.5 Å². The molecule has 184 valence electrons. The van der Waals surface area contributed by atoms with Crippen LogP contribution in [0.3, 0.4) is 0 Å². The summed E-state index contributed by atoms with van der Waals surface area (Å²) < 4.78 is 30.3. The second-order valence-electron chi connectivity index (χ2n) is 10.1. The molecular formula is C22H45N2O5PS. The van der Waals surface area contributed by atoms with Crippen molar-refractivity contribution in [1.82, 2.24) is 9.80 Å². The molecule has 0 aromatic heterocycles. The lowest BCUT2D eigenvalue weighted by atomic mass is 9.89. The SMILES string of the molecule is CCCC(C)OP(=O)(OC(C)(C)C)SCCOC(=O)C(C)(C)CCN1CCN(C)CC1. The fourth-order valence-corrected chi connectivity index (χ4v) is 7.29. The third kappa shape index (κ3) is 12.1. The molecule has 2 unspecified atom stereocenters. The first-order valence-corrected chi connectivity index (χ1v) is 14.6. The number of likely N-dealkylation sites (N-methyl/N-ethyl adjacent to an activating group) is 1. The Morgan fingerprint density at radius 1 is 1.13 bits per heavy atom. The van der Waals surface area contributed by atoms with E-state index in [1.807, 2.05) is 41.5 Å². The molecule has 0 aliphatic carbocycles. The number of hydrogen-bond acceptors (Lipinski definition) is 8. The van der Waals surface area contributed by atoms with Crippen LogP contribution in [-0.2, 0) is 23.1 Å².